The van der Waals surface area contributed by atoms with Gasteiger partial charge in [-0.05, 0) is 66.1 Å². The van der Waals surface area contributed by atoms with Gasteiger partial charge in [-0.15, -0.1) is 0 Å². The van der Waals surface area contributed by atoms with Crippen molar-refractivity contribution in [1.29, 1.82) is 0 Å². The lowest BCUT2D eigenvalue weighted by molar-refractivity contribution is -0.132. The lowest BCUT2D eigenvalue weighted by Gasteiger charge is -2.23. The molecule has 3 aromatic carbocycles. The van der Waals surface area contributed by atoms with Gasteiger partial charge < -0.3 is 14.6 Å². The van der Waals surface area contributed by atoms with Crippen LogP contribution in [0.5, 0.6) is 11.5 Å². The van der Waals surface area contributed by atoms with Crippen LogP contribution in [0.3, 0.4) is 0 Å². The number of thiazole rings is 1. The van der Waals surface area contributed by atoms with Gasteiger partial charge in [-0.2, -0.15) is 0 Å². The lowest BCUT2D eigenvalue weighted by atomic mass is 9.95. The number of ether oxygens (including phenoxy) is 2. The molecule has 0 aliphatic carbocycles. The van der Waals surface area contributed by atoms with Gasteiger partial charge in [0.1, 0.15) is 23.9 Å². The Hall–Kier alpha value is -4.43. The Labute approximate surface area is 224 Å². The van der Waals surface area contributed by atoms with Crippen molar-refractivity contribution in [2.24, 2.45) is 0 Å². The fourth-order valence-corrected chi connectivity index (χ4v) is 5.49. The summed E-state index contributed by atoms with van der Waals surface area (Å²) in [6, 6.07) is 18.8. The number of aliphatic hydroxyl groups is 1. The molecule has 1 saturated heterocycles. The normalized spacial score (nSPS) is 16.7. The van der Waals surface area contributed by atoms with Crippen LogP contribution in [0, 0.1) is 0 Å². The predicted molar refractivity (Wildman–Crippen MR) is 149 cm³/mol. The molecule has 1 aromatic heterocycles. The zero-order valence-corrected chi connectivity index (χ0v) is 21.8. The second-order valence-electron chi connectivity index (χ2n) is 8.72. The van der Waals surface area contributed by atoms with Crippen LogP contribution in [-0.2, 0) is 16.0 Å². The van der Waals surface area contributed by atoms with Crippen LogP contribution in [0.25, 0.3) is 16.0 Å². The number of aliphatic hydroxyl groups excluding tert-OH is 1. The lowest BCUT2D eigenvalue weighted by Crippen LogP contribution is -2.29. The third-order valence-electron chi connectivity index (χ3n) is 6.43. The van der Waals surface area contributed by atoms with E-state index in [1.807, 2.05) is 18.2 Å². The number of benzene rings is 3. The fourth-order valence-electron chi connectivity index (χ4n) is 4.43. The number of anilines is 1. The third-order valence-corrected chi connectivity index (χ3v) is 7.44. The van der Waals surface area contributed by atoms with E-state index in [4.69, 9.17) is 14.5 Å². The molecule has 0 saturated carbocycles. The Morgan fingerprint density at radius 1 is 1.08 bits per heavy atom. The van der Waals surface area contributed by atoms with Crippen LogP contribution >= 0.6 is 11.3 Å². The van der Waals surface area contributed by atoms with Gasteiger partial charge in [0.2, 0.25) is 0 Å². The van der Waals surface area contributed by atoms with E-state index >= 15 is 0 Å². The minimum Gasteiger partial charge on any atom is -0.507 e. The second-order valence-corrected chi connectivity index (χ2v) is 9.73. The molecule has 8 heteroatoms. The Morgan fingerprint density at radius 3 is 2.45 bits per heavy atom. The molecular weight excluding hydrogens is 500 g/mol. The van der Waals surface area contributed by atoms with Crippen molar-refractivity contribution in [3.8, 4) is 11.5 Å². The summed E-state index contributed by atoms with van der Waals surface area (Å²) in [5, 5.41) is 11.7. The van der Waals surface area contributed by atoms with Gasteiger partial charge in [-0.1, -0.05) is 49.1 Å². The number of carbonyl (C=O) groups is 2. The fraction of sp³-hybridized carbons (Fsp3) is 0.167. The number of methoxy groups -OCH3 is 1. The van der Waals surface area contributed by atoms with E-state index in [1.54, 1.807) is 61.7 Å². The number of nitrogens with zero attached hydrogens (tertiary/aromatic N) is 2. The maximum absolute atomic E-state index is 13.5. The van der Waals surface area contributed by atoms with E-state index < -0.39 is 17.7 Å². The highest BCUT2D eigenvalue weighted by molar-refractivity contribution is 7.22. The quantitative estimate of drug-likeness (QED) is 0.130. The predicted octanol–water partition coefficient (Wildman–Crippen LogP) is 6.06. The summed E-state index contributed by atoms with van der Waals surface area (Å²) in [6.07, 6.45) is 2.52. The number of rotatable bonds is 8. The molecule has 1 aliphatic rings. The Morgan fingerprint density at radius 2 is 1.79 bits per heavy atom. The number of fused-ring (bicyclic) bond motifs is 1. The van der Waals surface area contributed by atoms with Crippen LogP contribution in [0.1, 0.15) is 29.7 Å². The molecule has 1 aliphatic heterocycles. The van der Waals surface area contributed by atoms with Gasteiger partial charge in [0.15, 0.2) is 5.13 Å². The minimum absolute atomic E-state index is 0.00608. The molecule has 4 aromatic rings. The summed E-state index contributed by atoms with van der Waals surface area (Å²) in [6.45, 7) is 6.08. The smallest absolute Gasteiger partial charge is 0.301 e. The van der Waals surface area contributed by atoms with Gasteiger partial charge in [0, 0.05) is 5.56 Å². The van der Waals surface area contributed by atoms with Crippen molar-refractivity contribution < 1.29 is 24.2 Å². The van der Waals surface area contributed by atoms with Crippen molar-refractivity contribution in [3.05, 3.63) is 102 Å². The van der Waals surface area contributed by atoms with Crippen molar-refractivity contribution in [2.45, 2.75) is 19.4 Å². The molecule has 1 atom stereocenters. The van der Waals surface area contributed by atoms with Gasteiger partial charge in [0.05, 0.1) is 28.9 Å². The first-order valence-corrected chi connectivity index (χ1v) is 12.9. The van der Waals surface area contributed by atoms with Crippen molar-refractivity contribution in [1.82, 2.24) is 4.98 Å². The highest BCUT2D eigenvalue weighted by Gasteiger charge is 2.48. The van der Waals surface area contributed by atoms with Crippen molar-refractivity contribution in [3.63, 3.8) is 0 Å². The number of aryl methyl sites for hydroxylation is 1. The van der Waals surface area contributed by atoms with Crippen LogP contribution in [0.4, 0.5) is 5.13 Å². The Bertz CT molecular complexity index is 1550. The highest BCUT2D eigenvalue weighted by atomic mass is 32.1. The van der Waals surface area contributed by atoms with Crippen LogP contribution in [0.15, 0.2) is 85.0 Å². The molecule has 7 nitrogen and oxygen atoms in total. The standard InChI is InChI=1S/C30H26N2O5S/c1-4-16-37-22-13-7-19(8-14-22)26-25(27(33)20-9-11-21(36-3)12-10-20)28(34)29(35)32(26)30-31-23-15-6-18(5-2)17-24(23)38-30/h4,6-15,17,26,33H,1,5,16H2,2-3H3/t26-/m1/s1. The molecule has 2 heterocycles. The number of aromatic nitrogens is 1. The monoisotopic (exact) mass is 526 g/mol. The van der Waals surface area contributed by atoms with Crippen molar-refractivity contribution >= 4 is 44.1 Å². The maximum Gasteiger partial charge on any atom is 0.301 e. The van der Waals surface area contributed by atoms with E-state index in [0.717, 1.165) is 22.2 Å². The molecule has 192 valence electrons. The Balaban J connectivity index is 1.66. The van der Waals surface area contributed by atoms with Crippen LogP contribution in [0.2, 0.25) is 0 Å². The van der Waals surface area contributed by atoms with Gasteiger partial charge in [0.25, 0.3) is 5.78 Å². The highest BCUT2D eigenvalue weighted by Crippen LogP contribution is 2.44. The summed E-state index contributed by atoms with van der Waals surface area (Å²) < 4.78 is 11.7. The first kappa shape index (κ1) is 25.2. The Kier molecular flexibility index (Phi) is 6.98. The molecule has 0 bridgehead atoms. The molecule has 1 N–H and O–H groups in total. The topological polar surface area (TPSA) is 89.0 Å². The van der Waals surface area contributed by atoms with Gasteiger partial charge in [-0.3, -0.25) is 14.5 Å². The molecule has 1 amide bonds. The number of carbonyl (C=O) groups excluding carboxylic acids is 2. The average molecular weight is 527 g/mol. The van der Waals surface area contributed by atoms with E-state index in [9.17, 15) is 14.7 Å². The molecular formula is C30H26N2O5S. The number of Topliss-reactive ketones (excluding diaryl/α,β-unsaturated/α-hetero) is 1. The molecule has 0 unspecified atom stereocenters. The molecule has 1 fully saturated rings. The molecule has 0 spiro atoms. The number of hydrogen-bond acceptors (Lipinski definition) is 7. The first-order valence-electron chi connectivity index (χ1n) is 12.1. The maximum atomic E-state index is 13.5. The largest absolute Gasteiger partial charge is 0.507 e. The number of ketones is 1. The van der Waals surface area contributed by atoms with Gasteiger partial charge in [-0.25, -0.2) is 4.98 Å². The molecule has 38 heavy (non-hydrogen) atoms. The summed E-state index contributed by atoms with van der Waals surface area (Å²) in [7, 11) is 1.55. The second kappa shape index (κ2) is 10.5. The van der Waals surface area contributed by atoms with E-state index in [1.165, 1.54) is 16.2 Å². The van der Waals surface area contributed by atoms with E-state index in [2.05, 4.69) is 13.5 Å². The molecule has 0 radical (unpaired) electrons. The van der Waals surface area contributed by atoms with Crippen molar-refractivity contribution in [2.75, 3.05) is 18.6 Å². The van der Waals surface area contributed by atoms with Crippen LogP contribution < -0.4 is 14.4 Å². The van der Waals surface area contributed by atoms with Gasteiger partial charge >= 0.3 is 5.91 Å². The summed E-state index contributed by atoms with van der Waals surface area (Å²) >= 11 is 1.34. The summed E-state index contributed by atoms with van der Waals surface area (Å²) in [5.41, 5.74) is 2.93. The zero-order valence-electron chi connectivity index (χ0n) is 21.0. The van der Waals surface area contributed by atoms with Crippen LogP contribution in [-0.4, -0.2) is 35.5 Å². The number of hydrogen-bond donors (Lipinski definition) is 1. The molecule has 5 rings (SSSR count). The first-order chi connectivity index (χ1) is 18.4. The average Bonchev–Trinajstić information content (AvgIpc) is 3.49. The zero-order chi connectivity index (χ0) is 26.8. The third kappa shape index (κ3) is 4.54. The SMILES string of the molecule is C=CCOc1ccc([C@@H]2C(=C(O)c3ccc(OC)cc3)C(=O)C(=O)N2c2nc3ccc(CC)cc3s2)cc1. The number of amides is 1. The summed E-state index contributed by atoms with van der Waals surface area (Å²) in [5.74, 6) is -0.557. The van der Waals surface area contributed by atoms with E-state index in [0.29, 0.717) is 34.4 Å². The minimum atomic E-state index is -0.878. The summed E-state index contributed by atoms with van der Waals surface area (Å²) in [4.78, 5) is 33.0. The van der Waals surface area contributed by atoms with E-state index in [-0.39, 0.29) is 11.3 Å².